The van der Waals surface area contributed by atoms with E-state index >= 15 is 8.78 Å². The van der Waals surface area contributed by atoms with Crippen molar-refractivity contribution in [2.45, 2.75) is 37.0 Å². The zero-order valence-electron chi connectivity index (χ0n) is 25.1. The molecule has 0 spiro atoms. The maximum atomic E-state index is 15.2. The third-order valence-corrected chi connectivity index (χ3v) is 8.18. The largest absolute Gasteiger partial charge is 0.377 e. The van der Waals surface area contributed by atoms with Crippen LogP contribution in [0.3, 0.4) is 0 Å². The first-order valence-corrected chi connectivity index (χ1v) is 15.6. The van der Waals surface area contributed by atoms with Crippen LogP contribution < -0.4 is 0 Å². The van der Waals surface area contributed by atoms with E-state index in [4.69, 9.17) is 4.74 Å². The molecule has 51 heavy (non-hydrogen) atoms. The fourth-order valence-corrected chi connectivity index (χ4v) is 5.05. The van der Waals surface area contributed by atoms with Gasteiger partial charge in [-0.3, -0.25) is 9.97 Å². The summed E-state index contributed by atoms with van der Waals surface area (Å²) >= 11 is 6.27. The van der Waals surface area contributed by atoms with Crippen LogP contribution in [0, 0.1) is 11.6 Å². The molecule has 0 amide bonds. The van der Waals surface area contributed by atoms with Crippen LogP contribution in [0.1, 0.15) is 29.9 Å². The lowest BCUT2D eigenvalue weighted by Gasteiger charge is -2.35. The molecule has 4 aromatic heterocycles. The molecule has 2 atom stereocenters. The molecule has 0 radical (unpaired) electrons. The smallest absolute Gasteiger partial charge is 0.324 e. The SMILES string of the molecule is C.Fc1ccc(C2(C(F)(F)c3ccc(Br)cn3)CO2)cc1.OC(Cn1cnnn1)(c1ccc(F)cc1)C(F)(F)c1ccc(Br)cn1.c1nn[nH]n1. The molecule has 2 N–H and O–H groups in total. The van der Waals surface area contributed by atoms with Gasteiger partial charge >= 0.3 is 11.8 Å². The highest BCUT2D eigenvalue weighted by Gasteiger charge is 2.67. The minimum Gasteiger partial charge on any atom is -0.377 e. The number of rotatable bonds is 8. The van der Waals surface area contributed by atoms with E-state index in [1.54, 1.807) is 0 Å². The summed E-state index contributed by atoms with van der Waals surface area (Å²) < 4.78 is 92.9. The predicted octanol–water partition coefficient (Wildman–Crippen LogP) is 6.49. The van der Waals surface area contributed by atoms with Gasteiger partial charge in [0.05, 0.1) is 13.2 Å². The van der Waals surface area contributed by atoms with E-state index < -0.39 is 46.9 Å². The number of nitrogens with zero attached hydrogens (tertiary/aromatic N) is 9. The Kier molecular flexibility index (Phi) is 12.4. The van der Waals surface area contributed by atoms with Gasteiger partial charge in [0.25, 0.3) is 0 Å². The number of nitrogens with one attached hydrogen (secondary N) is 1. The Labute approximate surface area is 302 Å². The fraction of sp³-hybridized carbons (Fsp3) is 0.226. The number of tetrazole rings is 2. The van der Waals surface area contributed by atoms with E-state index in [-0.39, 0.29) is 30.9 Å². The quantitative estimate of drug-likeness (QED) is 0.128. The second kappa shape index (κ2) is 16.1. The van der Waals surface area contributed by atoms with Crippen LogP contribution in [0.25, 0.3) is 0 Å². The molecule has 2 unspecified atom stereocenters. The van der Waals surface area contributed by atoms with Crippen molar-refractivity contribution in [1.82, 2.24) is 50.8 Å². The average Bonchev–Trinajstić information content (AvgIpc) is 3.43. The van der Waals surface area contributed by atoms with Crippen molar-refractivity contribution in [3.05, 3.63) is 141 Å². The zero-order valence-corrected chi connectivity index (χ0v) is 28.2. The van der Waals surface area contributed by atoms with Gasteiger partial charge in [0.15, 0.2) is 17.5 Å². The summed E-state index contributed by atoms with van der Waals surface area (Å²) in [6, 6.07) is 14.3. The molecule has 7 rings (SSSR count). The molecule has 2 aromatic carbocycles. The van der Waals surface area contributed by atoms with Gasteiger partial charge in [-0.25, -0.2) is 13.5 Å². The summed E-state index contributed by atoms with van der Waals surface area (Å²) in [6.45, 7) is -0.778. The molecular formula is C31H26Br2F6N10O2. The van der Waals surface area contributed by atoms with Crippen LogP contribution >= 0.6 is 31.9 Å². The second-order valence-corrected chi connectivity index (χ2v) is 12.3. The number of aromatic amines is 1. The molecule has 1 aliphatic heterocycles. The van der Waals surface area contributed by atoms with E-state index in [1.165, 1.54) is 49.1 Å². The van der Waals surface area contributed by atoms with Crippen LogP contribution in [-0.4, -0.2) is 62.5 Å². The maximum absolute atomic E-state index is 15.2. The van der Waals surface area contributed by atoms with Crippen molar-refractivity contribution in [1.29, 1.82) is 0 Å². The first-order valence-electron chi connectivity index (χ1n) is 14.0. The monoisotopic (exact) mass is 842 g/mol. The summed E-state index contributed by atoms with van der Waals surface area (Å²) in [5.41, 5.74) is -5.47. The van der Waals surface area contributed by atoms with Crippen LogP contribution in [0.2, 0.25) is 0 Å². The summed E-state index contributed by atoms with van der Waals surface area (Å²) in [6.07, 6.45) is 4.94. The zero-order chi connectivity index (χ0) is 36.0. The van der Waals surface area contributed by atoms with Crippen LogP contribution in [0.15, 0.2) is 107 Å². The number of halogens is 8. The maximum Gasteiger partial charge on any atom is 0.324 e. The predicted molar refractivity (Wildman–Crippen MR) is 175 cm³/mol. The molecule has 1 aliphatic rings. The minimum absolute atomic E-state index is 0. The molecule has 0 saturated carbocycles. The fourth-order valence-electron chi connectivity index (χ4n) is 4.58. The van der Waals surface area contributed by atoms with Crippen LogP contribution in [0.4, 0.5) is 26.3 Å². The Balaban J connectivity index is 0.000000201. The first-order chi connectivity index (χ1) is 23.8. The molecule has 6 aromatic rings. The number of ether oxygens (including phenoxy) is 1. The molecule has 1 fully saturated rings. The number of epoxide rings is 1. The van der Waals surface area contributed by atoms with Gasteiger partial charge in [-0.2, -0.15) is 22.8 Å². The van der Waals surface area contributed by atoms with Gasteiger partial charge in [0.2, 0.25) is 0 Å². The molecule has 0 bridgehead atoms. The van der Waals surface area contributed by atoms with Crippen molar-refractivity contribution >= 4 is 31.9 Å². The Morgan fingerprint density at radius 1 is 0.824 bits per heavy atom. The minimum atomic E-state index is -3.81. The second-order valence-electron chi connectivity index (χ2n) is 10.4. The molecule has 1 saturated heterocycles. The number of H-pyrrole nitrogens is 1. The molecule has 12 nitrogen and oxygen atoms in total. The third-order valence-electron chi connectivity index (χ3n) is 7.24. The van der Waals surface area contributed by atoms with E-state index in [0.717, 1.165) is 53.5 Å². The highest BCUT2D eigenvalue weighted by Crippen LogP contribution is 2.55. The van der Waals surface area contributed by atoms with Crippen molar-refractivity contribution in [2.75, 3.05) is 6.61 Å². The molecule has 0 aliphatic carbocycles. The van der Waals surface area contributed by atoms with Crippen LogP contribution in [0.5, 0.6) is 0 Å². The van der Waals surface area contributed by atoms with Crippen LogP contribution in [-0.2, 0) is 34.3 Å². The third kappa shape index (κ3) is 8.63. The highest BCUT2D eigenvalue weighted by atomic mass is 79.9. The van der Waals surface area contributed by atoms with Crippen molar-refractivity contribution < 1.29 is 36.2 Å². The first kappa shape index (κ1) is 39.1. The summed E-state index contributed by atoms with van der Waals surface area (Å²) in [7, 11) is 0. The molecule has 20 heteroatoms. The van der Waals surface area contributed by atoms with Crippen molar-refractivity contribution in [2.24, 2.45) is 0 Å². The van der Waals surface area contributed by atoms with E-state index in [2.05, 4.69) is 78.0 Å². The molecule has 5 heterocycles. The number of hydrogen-bond donors (Lipinski definition) is 2. The molecule has 268 valence electrons. The van der Waals surface area contributed by atoms with Crippen molar-refractivity contribution in [3.63, 3.8) is 0 Å². The van der Waals surface area contributed by atoms with Gasteiger partial charge in [0, 0.05) is 21.3 Å². The normalized spacial score (nSPS) is 16.3. The van der Waals surface area contributed by atoms with E-state index in [1.807, 2.05) is 0 Å². The number of benzene rings is 2. The Bertz CT molecular complexity index is 1880. The van der Waals surface area contributed by atoms with Gasteiger partial charge in [-0.1, -0.05) is 36.9 Å². The number of aliphatic hydroxyl groups is 1. The van der Waals surface area contributed by atoms with Gasteiger partial charge in [-0.05, 0) is 102 Å². The standard InChI is InChI=1S/C15H11BrF3N5O.C14H9BrF3NO.CH2N4.CH4/c16-11-3-6-13(20-7-11)15(18,19)14(25,8-24-9-21-22-23-24)10-1-4-12(17)5-2-10;15-10-3-6-12(19-7-10)14(17,18)13(8-20-13)9-1-4-11(16)5-2-9;1-2-4-5-3-1;/h1-7,9,25H,8H2;1-7H,8H2;1H,(H,2,3,4,5);1H4. The topological polar surface area (TPSA) is 157 Å². The summed E-state index contributed by atoms with van der Waals surface area (Å²) in [5.74, 6) is -8.18. The number of pyridine rings is 2. The van der Waals surface area contributed by atoms with Crippen molar-refractivity contribution in [3.8, 4) is 0 Å². The lowest BCUT2D eigenvalue weighted by molar-refractivity contribution is -0.206. The average molecular weight is 844 g/mol. The summed E-state index contributed by atoms with van der Waals surface area (Å²) in [4.78, 5) is 7.44. The van der Waals surface area contributed by atoms with E-state index in [9.17, 15) is 22.7 Å². The highest BCUT2D eigenvalue weighted by molar-refractivity contribution is 9.10. The number of alkyl halides is 4. The Morgan fingerprint density at radius 2 is 1.39 bits per heavy atom. The van der Waals surface area contributed by atoms with E-state index in [0.29, 0.717) is 8.95 Å². The summed E-state index contributed by atoms with van der Waals surface area (Å²) in [5, 5.41) is 33.4. The Hall–Kier alpha value is -4.66. The van der Waals surface area contributed by atoms with Gasteiger partial charge < -0.3 is 9.84 Å². The van der Waals surface area contributed by atoms with Gasteiger partial charge in [-0.15, -0.1) is 15.3 Å². The lowest BCUT2D eigenvalue weighted by atomic mass is 9.85. The Morgan fingerprint density at radius 3 is 1.82 bits per heavy atom. The van der Waals surface area contributed by atoms with Gasteiger partial charge in [0.1, 0.15) is 29.3 Å². The number of hydrogen-bond acceptors (Lipinski definition) is 10. The molecular weight excluding hydrogens is 818 g/mol. The lowest BCUT2D eigenvalue weighted by Crippen LogP contribution is -2.47. The number of aromatic nitrogens is 10.